The van der Waals surface area contributed by atoms with E-state index in [0.29, 0.717) is 11.3 Å². The lowest BCUT2D eigenvalue weighted by atomic mass is 10.2. The lowest BCUT2D eigenvalue weighted by Crippen LogP contribution is -2.29. The van der Waals surface area contributed by atoms with Crippen LogP contribution in [0, 0.1) is 11.3 Å². The molecule has 0 aliphatic heterocycles. The molecular formula is C16H16N2O5. The lowest BCUT2D eigenvalue weighted by Gasteiger charge is -2.12. The largest absolute Gasteiger partial charge is 0.463 e. The van der Waals surface area contributed by atoms with Crippen molar-refractivity contribution in [3.63, 3.8) is 0 Å². The van der Waals surface area contributed by atoms with Crippen LogP contribution in [0.2, 0.25) is 0 Å². The van der Waals surface area contributed by atoms with Gasteiger partial charge in [0.15, 0.2) is 6.10 Å². The highest BCUT2D eigenvalue weighted by Gasteiger charge is 2.17. The highest BCUT2D eigenvalue weighted by atomic mass is 16.5. The summed E-state index contributed by atoms with van der Waals surface area (Å²) in [5.74, 6) is -2.07. The first-order valence-corrected chi connectivity index (χ1v) is 6.82. The third kappa shape index (κ3) is 6.44. The molecule has 0 aliphatic rings. The van der Waals surface area contributed by atoms with Crippen LogP contribution in [0.5, 0.6) is 0 Å². The van der Waals surface area contributed by atoms with Crippen LogP contribution in [-0.2, 0) is 23.9 Å². The van der Waals surface area contributed by atoms with Gasteiger partial charge >= 0.3 is 11.9 Å². The molecule has 7 nitrogen and oxygen atoms in total. The van der Waals surface area contributed by atoms with Crippen LogP contribution in [0.15, 0.2) is 36.4 Å². The monoisotopic (exact) mass is 316 g/mol. The van der Waals surface area contributed by atoms with Crippen LogP contribution in [0.1, 0.15) is 19.4 Å². The summed E-state index contributed by atoms with van der Waals surface area (Å²) >= 11 is 0. The minimum atomic E-state index is -1.07. The smallest absolute Gasteiger partial charge is 0.331 e. The molecule has 0 fully saturated rings. The zero-order valence-electron chi connectivity index (χ0n) is 12.7. The van der Waals surface area contributed by atoms with Crippen LogP contribution in [0.25, 0.3) is 0 Å². The highest BCUT2D eigenvalue weighted by molar-refractivity contribution is 5.97. The molecule has 0 bridgehead atoms. The number of rotatable bonds is 6. The molecule has 0 aromatic heterocycles. The Kier molecular flexibility index (Phi) is 7.01. The number of amides is 1. The maximum Gasteiger partial charge on any atom is 0.331 e. The van der Waals surface area contributed by atoms with Gasteiger partial charge in [-0.2, -0.15) is 5.26 Å². The summed E-state index contributed by atoms with van der Waals surface area (Å²) in [5.41, 5.74) is 0.809. The predicted molar refractivity (Wildman–Crippen MR) is 81.1 cm³/mol. The number of ether oxygens (including phenoxy) is 2. The van der Waals surface area contributed by atoms with E-state index in [-0.39, 0.29) is 6.61 Å². The molecule has 120 valence electrons. The van der Waals surface area contributed by atoms with Crippen molar-refractivity contribution in [1.29, 1.82) is 5.26 Å². The number of anilines is 1. The Balaban J connectivity index is 2.55. The maximum absolute atomic E-state index is 11.9. The molecule has 1 N–H and O–H groups in total. The van der Waals surface area contributed by atoms with Crippen molar-refractivity contribution < 1.29 is 23.9 Å². The second-order valence-electron chi connectivity index (χ2n) is 4.35. The third-order valence-electron chi connectivity index (χ3n) is 2.56. The van der Waals surface area contributed by atoms with Crippen molar-refractivity contribution >= 4 is 23.5 Å². The van der Waals surface area contributed by atoms with Gasteiger partial charge in [0.25, 0.3) is 5.91 Å². The molecule has 7 heteroatoms. The Morgan fingerprint density at radius 2 is 2.00 bits per heavy atom. The van der Waals surface area contributed by atoms with Gasteiger partial charge in [0.1, 0.15) is 0 Å². The number of hydrogen-bond acceptors (Lipinski definition) is 6. The average Bonchev–Trinajstić information content (AvgIpc) is 2.53. The zero-order chi connectivity index (χ0) is 17.2. The fourth-order valence-electron chi connectivity index (χ4n) is 1.50. The standard InChI is InChI=1S/C16H16N2O5/c1-3-22-14(19)7-8-15(20)23-11(2)16(21)18-13-6-4-5-12(9-13)10-17/h4-9,11H,3H2,1-2H3,(H,18,21)/b8-7+/t11-/m0/s1. The van der Waals surface area contributed by atoms with Crippen molar-refractivity contribution in [2.75, 3.05) is 11.9 Å². The normalized spacial score (nSPS) is 11.3. The van der Waals surface area contributed by atoms with E-state index < -0.39 is 23.9 Å². The van der Waals surface area contributed by atoms with Crippen molar-refractivity contribution in [2.45, 2.75) is 20.0 Å². The summed E-state index contributed by atoms with van der Waals surface area (Å²) in [4.78, 5) is 34.4. The van der Waals surface area contributed by atoms with Gasteiger partial charge in [0.05, 0.1) is 18.2 Å². The summed E-state index contributed by atoms with van der Waals surface area (Å²) < 4.78 is 9.47. The van der Waals surface area contributed by atoms with Gasteiger partial charge in [-0.05, 0) is 32.0 Å². The summed E-state index contributed by atoms with van der Waals surface area (Å²) in [5, 5.41) is 11.3. The summed E-state index contributed by atoms with van der Waals surface area (Å²) in [7, 11) is 0. The Morgan fingerprint density at radius 3 is 2.65 bits per heavy atom. The van der Waals surface area contributed by atoms with Gasteiger partial charge in [-0.3, -0.25) is 4.79 Å². The van der Waals surface area contributed by atoms with Crippen LogP contribution in [0.4, 0.5) is 5.69 Å². The molecule has 0 saturated carbocycles. The topological polar surface area (TPSA) is 105 Å². The number of carbonyl (C=O) groups excluding carboxylic acids is 3. The van der Waals surface area contributed by atoms with Crippen LogP contribution < -0.4 is 5.32 Å². The molecule has 1 atom stereocenters. The number of hydrogen-bond donors (Lipinski definition) is 1. The molecule has 0 saturated heterocycles. The zero-order valence-corrected chi connectivity index (χ0v) is 12.7. The van der Waals surface area contributed by atoms with Crippen molar-refractivity contribution in [2.24, 2.45) is 0 Å². The molecule has 0 unspecified atom stereocenters. The van der Waals surface area contributed by atoms with Crippen LogP contribution >= 0.6 is 0 Å². The van der Waals surface area contributed by atoms with E-state index in [1.165, 1.54) is 13.0 Å². The maximum atomic E-state index is 11.9. The Bertz CT molecular complexity index is 661. The molecule has 0 aliphatic carbocycles. The van der Waals surface area contributed by atoms with Gasteiger partial charge in [0, 0.05) is 17.8 Å². The molecule has 1 aromatic rings. The van der Waals surface area contributed by atoms with Gasteiger partial charge in [-0.15, -0.1) is 0 Å². The Hall–Kier alpha value is -3.14. The quantitative estimate of drug-likeness (QED) is 0.630. The van der Waals surface area contributed by atoms with E-state index in [1.54, 1.807) is 25.1 Å². The first kappa shape index (κ1) is 17.9. The number of carbonyl (C=O) groups is 3. The number of nitrogens with one attached hydrogen (secondary N) is 1. The van der Waals surface area contributed by atoms with Crippen molar-refractivity contribution in [1.82, 2.24) is 0 Å². The second kappa shape index (κ2) is 9.00. The van der Waals surface area contributed by atoms with E-state index in [0.717, 1.165) is 12.2 Å². The first-order chi connectivity index (χ1) is 11.0. The predicted octanol–water partition coefficient (Wildman–Crippen LogP) is 1.55. The highest BCUT2D eigenvalue weighted by Crippen LogP contribution is 2.10. The number of esters is 2. The van der Waals surface area contributed by atoms with Crippen LogP contribution in [-0.4, -0.2) is 30.6 Å². The molecule has 1 amide bonds. The van der Waals surface area contributed by atoms with Gasteiger partial charge in [-0.1, -0.05) is 6.07 Å². The molecule has 0 heterocycles. The van der Waals surface area contributed by atoms with E-state index in [4.69, 9.17) is 10.00 Å². The number of nitriles is 1. The summed E-state index contributed by atoms with van der Waals surface area (Å²) in [6.45, 7) is 3.22. The fraction of sp³-hybridized carbons (Fsp3) is 0.250. The first-order valence-electron chi connectivity index (χ1n) is 6.82. The second-order valence-corrected chi connectivity index (χ2v) is 4.35. The van der Waals surface area contributed by atoms with Crippen molar-refractivity contribution in [3.8, 4) is 6.07 Å². The minimum Gasteiger partial charge on any atom is -0.463 e. The van der Waals surface area contributed by atoms with E-state index in [9.17, 15) is 14.4 Å². The van der Waals surface area contributed by atoms with E-state index in [1.807, 2.05) is 6.07 Å². The lowest BCUT2D eigenvalue weighted by molar-refractivity contribution is -0.148. The molecular weight excluding hydrogens is 300 g/mol. The summed E-state index contributed by atoms with van der Waals surface area (Å²) in [6, 6.07) is 8.26. The molecule has 1 aromatic carbocycles. The Morgan fingerprint density at radius 1 is 1.30 bits per heavy atom. The minimum absolute atomic E-state index is 0.193. The fourth-order valence-corrected chi connectivity index (χ4v) is 1.50. The van der Waals surface area contributed by atoms with Gasteiger partial charge in [0.2, 0.25) is 0 Å². The number of benzene rings is 1. The Labute approximate surface area is 133 Å². The van der Waals surface area contributed by atoms with E-state index >= 15 is 0 Å². The molecule has 1 rings (SSSR count). The molecule has 0 radical (unpaired) electrons. The molecule has 23 heavy (non-hydrogen) atoms. The third-order valence-corrected chi connectivity index (χ3v) is 2.56. The summed E-state index contributed by atoms with van der Waals surface area (Å²) in [6.07, 6.45) is 0.741. The van der Waals surface area contributed by atoms with Crippen molar-refractivity contribution in [3.05, 3.63) is 42.0 Å². The SMILES string of the molecule is CCOC(=O)/C=C/C(=O)O[C@@H](C)C(=O)Nc1cccc(C#N)c1. The van der Waals surface area contributed by atoms with Gasteiger partial charge in [-0.25, -0.2) is 9.59 Å². The van der Waals surface area contributed by atoms with Gasteiger partial charge < -0.3 is 14.8 Å². The number of nitrogens with zero attached hydrogens (tertiary/aromatic N) is 1. The molecule has 0 spiro atoms. The van der Waals surface area contributed by atoms with E-state index in [2.05, 4.69) is 10.1 Å². The average molecular weight is 316 g/mol. The van der Waals surface area contributed by atoms with Crippen LogP contribution in [0.3, 0.4) is 0 Å².